The number of benzene rings is 1. The number of hydrogen-bond acceptors (Lipinski definition) is 3. The van der Waals surface area contributed by atoms with Gasteiger partial charge in [-0.15, -0.1) is 0 Å². The first-order chi connectivity index (χ1) is 9.28. The Labute approximate surface area is 121 Å². The normalized spacial score (nSPS) is 13.4. The van der Waals surface area contributed by atoms with Crippen LogP contribution in [-0.4, -0.2) is 18.0 Å². The second kappa shape index (κ2) is 6.42. The summed E-state index contributed by atoms with van der Waals surface area (Å²) in [5, 5.41) is 15.0. The van der Waals surface area contributed by atoms with Crippen molar-refractivity contribution in [1.29, 1.82) is 5.26 Å². The number of nitriles is 1. The quantitative estimate of drug-likeness (QED) is 0.867. The first kappa shape index (κ1) is 16.0. The lowest BCUT2D eigenvalue weighted by molar-refractivity contribution is -0.121. The smallest absolute Gasteiger partial charge is 0.240 e. The van der Waals surface area contributed by atoms with Crippen LogP contribution in [0.2, 0.25) is 0 Å². The van der Waals surface area contributed by atoms with Gasteiger partial charge in [0.15, 0.2) is 0 Å². The van der Waals surface area contributed by atoms with Crippen molar-refractivity contribution < 1.29 is 4.79 Å². The van der Waals surface area contributed by atoms with E-state index in [1.807, 2.05) is 45.9 Å². The molecule has 1 aromatic carbocycles. The maximum Gasteiger partial charge on any atom is 0.240 e. The molecule has 0 spiro atoms. The zero-order chi connectivity index (χ0) is 15.3. The molecule has 0 aliphatic rings. The summed E-state index contributed by atoms with van der Waals surface area (Å²) >= 11 is 0. The third-order valence-electron chi connectivity index (χ3n) is 3.75. The minimum Gasteiger partial charge on any atom is -0.376 e. The molecule has 1 aromatic rings. The van der Waals surface area contributed by atoms with Gasteiger partial charge in [0.25, 0.3) is 0 Å². The van der Waals surface area contributed by atoms with Crippen LogP contribution in [0.15, 0.2) is 18.2 Å². The molecule has 0 bridgehead atoms. The summed E-state index contributed by atoms with van der Waals surface area (Å²) in [7, 11) is 0. The van der Waals surface area contributed by atoms with Crippen LogP contribution >= 0.6 is 0 Å². The number of rotatable bonds is 5. The van der Waals surface area contributed by atoms with E-state index in [-0.39, 0.29) is 18.4 Å². The summed E-state index contributed by atoms with van der Waals surface area (Å²) in [5.74, 6) is -0.126. The monoisotopic (exact) mass is 273 g/mol. The van der Waals surface area contributed by atoms with E-state index in [4.69, 9.17) is 0 Å². The Morgan fingerprint density at radius 2 is 2.00 bits per heavy atom. The Bertz CT molecular complexity index is 531. The average Bonchev–Trinajstić information content (AvgIpc) is 2.39. The van der Waals surface area contributed by atoms with E-state index in [0.29, 0.717) is 0 Å². The highest BCUT2D eigenvalue weighted by molar-refractivity contribution is 5.81. The van der Waals surface area contributed by atoms with Gasteiger partial charge in [0.2, 0.25) is 5.91 Å². The van der Waals surface area contributed by atoms with Crippen LogP contribution in [0.25, 0.3) is 0 Å². The first-order valence-corrected chi connectivity index (χ1v) is 6.82. The molecule has 0 aliphatic heterocycles. The van der Waals surface area contributed by atoms with E-state index >= 15 is 0 Å². The van der Waals surface area contributed by atoms with Crippen LogP contribution in [0.4, 0.5) is 5.69 Å². The predicted octanol–water partition coefficient (Wildman–Crippen LogP) is 2.77. The molecule has 0 saturated heterocycles. The molecule has 0 heterocycles. The molecule has 4 nitrogen and oxygen atoms in total. The summed E-state index contributed by atoms with van der Waals surface area (Å²) in [6.45, 7) is 9.82. The van der Waals surface area contributed by atoms with Crippen molar-refractivity contribution in [3.05, 3.63) is 29.3 Å². The van der Waals surface area contributed by atoms with Crippen molar-refractivity contribution in [2.75, 3.05) is 11.9 Å². The number of carbonyl (C=O) groups excluding carboxylic acids is 1. The van der Waals surface area contributed by atoms with Crippen LogP contribution in [0.5, 0.6) is 0 Å². The largest absolute Gasteiger partial charge is 0.376 e. The molecule has 1 unspecified atom stereocenters. The lowest BCUT2D eigenvalue weighted by atomic mass is 9.90. The van der Waals surface area contributed by atoms with Gasteiger partial charge in [-0.05, 0) is 49.9 Å². The molecular formula is C16H23N3O. The standard InChI is InChI=1S/C16H23N3O/c1-11(2)16(5,10-17)19-15(20)9-18-14-7-6-12(3)13(4)8-14/h6-8,11,18H,9H2,1-5H3,(H,19,20). The maximum atomic E-state index is 11.9. The van der Waals surface area contributed by atoms with Crippen molar-refractivity contribution in [1.82, 2.24) is 5.32 Å². The van der Waals surface area contributed by atoms with E-state index < -0.39 is 5.54 Å². The molecule has 108 valence electrons. The van der Waals surface area contributed by atoms with Gasteiger partial charge in [0.05, 0.1) is 12.6 Å². The van der Waals surface area contributed by atoms with E-state index in [1.54, 1.807) is 6.92 Å². The van der Waals surface area contributed by atoms with Crippen LogP contribution in [0.1, 0.15) is 31.9 Å². The fourth-order valence-electron chi connectivity index (χ4n) is 1.67. The fourth-order valence-corrected chi connectivity index (χ4v) is 1.67. The summed E-state index contributed by atoms with van der Waals surface area (Å²) in [5.41, 5.74) is 2.48. The SMILES string of the molecule is Cc1ccc(NCC(=O)NC(C)(C#N)C(C)C)cc1C. The number of nitrogens with zero attached hydrogens (tertiary/aromatic N) is 1. The highest BCUT2D eigenvalue weighted by Crippen LogP contribution is 2.16. The molecule has 2 N–H and O–H groups in total. The molecule has 20 heavy (non-hydrogen) atoms. The van der Waals surface area contributed by atoms with Gasteiger partial charge in [0.1, 0.15) is 5.54 Å². The highest BCUT2D eigenvalue weighted by Gasteiger charge is 2.29. The molecule has 1 rings (SSSR count). The average molecular weight is 273 g/mol. The minimum absolute atomic E-state index is 0.0538. The highest BCUT2D eigenvalue weighted by atomic mass is 16.2. The van der Waals surface area contributed by atoms with Crippen molar-refractivity contribution in [2.24, 2.45) is 5.92 Å². The Morgan fingerprint density at radius 1 is 1.35 bits per heavy atom. The number of nitrogens with one attached hydrogen (secondary N) is 2. The summed E-state index contributed by atoms with van der Waals surface area (Å²) in [4.78, 5) is 11.9. The van der Waals surface area contributed by atoms with Gasteiger partial charge in [-0.25, -0.2) is 0 Å². The lowest BCUT2D eigenvalue weighted by Gasteiger charge is -2.27. The van der Waals surface area contributed by atoms with Gasteiger partial charge in [0, 0.05) is 5.69 Å². The number of carbonyl (C=O) groups is 1. The van der Waals surface area contributed by atoms with E-state index in [9.17, 15) is 10.1 Å². The Morgan fingerprint density at radius 3 is 2.50 bits per heavy atom. The maximum absolute atomic E-state index is 11.9. The second-order valence-electron chi connectivity index (χ2n) is 5.67. The zero-order valence-corrected chi connectivity index (χ0v) is 12.9. The van der Waals surface area contributed by atoms with Gasteiger partial charge in [-0.1, -0.05) is 19.9 Å². The van der Waals surface area contributed by atoms with Crippen LogP contribution in [-0.2, 0) is 4.79 Å². The Kier molecular flexibility index (Phi) is 5.15. The van der Waals surface area contributed by atoms with Crippen molar-refractivity contribution in [3.8, 4) is 6.07 Å². The molecule has 0 aliphatic carbocycles. The van der Waals surface area contributed by atoms with Crippen molar-refractivity contribution in [3.63, 3.8) is 0 Å². The topological polar surface area (TPSA) is 64.9 Å². The Balaban J connectivity index is 2.60. The number of amides is 1. The first-order valence-electron chi connectivity index (χ1n) is 6.82. The van der Waals surface area contributed by atoms with Crippen LogP contribution < -0.4 is 10.6 Å². The molecule has 0 fully saturated rings. The second-order valence-corrected chi connectivity index (χ2v) is 5.67. The predicted molar refractivity (Wildman–Crippen MR) is 81.4 cm³/mol. The number of aryl methyl sites for hydroxylation is 2. The fraction of sp³-hybridized carbons (Fsp3) is 0.500. The molecule has 4 heteroatoms. The molecule has 0 saturated carbocycles. The third kappa shape index (κ3) is 3.99. The van der Waals surface area contributed by atoms with Crippen molar-refractivity contribution in [2.45, 2.75) is 40.2 Å². The van der Waals surface area contributed by atoms with Crippen LogP contribution in [0.3, 0.4) is 0 Å². The molecule has 1 atom stereocenters. The molecule has 0 radical (unpaired) electrons. The Hall–Kier alpha value is -2.02. The summed E-state index contributed by atoms with van der Waals surface area (Å²) < 4.78 is 0. The molecule has 1 amide bonds. The molecular weight excluding hydrogens is 250 g/mol. The summed E-state index contributed by atoms with van der Waals surface area (Å²) in [6.07, 6.45) is 0. The van der Waals surface area contributed by atoms with Crippen molar-refractivity contribution >= 4 is 11.6 Å². The minimum atomic E-state index is -0.831. The number of anilines is 1. The van der Waals surface area contributed by atoms with E-state index in [2.05, 4.69) is 16.7 Å². The van der Waals surface area contributed by atoms with Crippen LogP contribution in [0, 0.1) is 31.1 Å². The van der Waals surface area contributed by atoms with Gasteiger partial charge in [-0.3, -0.25) is 4.79 Å². The van der Waals surface area contributed by atoms with Gasteiger partial charge >= 0.3 is 0 Å². The lowest BCUT2D eigenvalue weighted by Crippen LogP contribution is -2.50. The zero-order valence-electron chi connectivity index (χ0n) is 12.9. The summed E-state index contributed by atoms with van der Waals surface area (Å²) in [6, 6.07) is 8.14. The van der Waals surface area contributed by atoms with E-state index in [0.717, 1.165) is 5.69 Å². The third-order valence-corrected chi connectivity index (χ3v) is 3.75. The molecule has 0 aromatic heterocycles. The van der Waals surface area contributed by atoms with E-state index in [1.165, 1.54) is 11.1 Å². The number of hydrogen-bond donors (Lipinski definition) is 2. The van der Waals surface area contributed by atoms with Gasteiger partial charge in [-0.2, -0.15) is 5.26 Å². The van der Waals surface area contributed by atoms with Gasteiger partial charge < -0.3 is 10.6 Å².